The fraction of sp³-hybridized carbons (Fsp3) is 0.682. The van der Waals surface area contributed by atoms with Crippen LogP contribution < -0.4 is 14.8 Å². The maximum Gasteiger partial charge on any atom is 0.255 e. The number of aryl methyl sites for hydroxylation is 1. The Morgan fingerprint density at radius 3 is 2.76 bits per heavy atom. The Kier molecular flexibility index (Phi) is 6.57. The molecule has 1 aromatic carbocycles. The highest BCUT2D eigenvalue weighted by Gasteiger charge is 2.30. The summed E-state index contributed by atoms with van der Waals surface area (Å²) in [5.41, 5.74) is 1.46. The van der Waals surface area contributed by atoms with Crippen LogP contribution in [0.25, 0.3) is 0 Å². The van der Waals surface area contributed by atoms with E-state index >= 15 is 0 Å². The molecule has 0 aliphatic carbocycles. The highest BCUT2D eigenvalue weighted by atomic mass is 16.5. The average Bonchev–Trinajstić information content (AvgIpc) is 3.09. The summed E-state index contributed by atoms with van der Waals surface area (Å²) < 4.78 is 17.3. The molecule has 2 N–H and O–H groups in total. The van der Waals surface area contributed by atoms with Gasteiger partial charge in [-0.3, -0.25) is 9.69 Å². The summed E-state index contributed by atoms with van der Waals surface area (Å²) >= 11 is 0. The number of hydrogen-bond donors (Lipinski definition) is 2. The van der Waals surface area contributed by atoms with Crippen molar-refractivity contribution in [2.24, 2.45) is 5.92 Å². The second kappa shape index (κ2) is 9.32. The molecule has 3 heterocycles. The van der Waals surface area contributed by atoms with Crippen LogP contribution in [0.3, 0.4) is 0 Å². The van der Waals surface area contributed by atoms with Gasteiger partial charge in [0.15, 0.2) is 11.5 Å². The van der Waals surface area contributed by atoms with E-state index in [0.717, 1.165) is 50.9 Å². The van der Waals surface area contributed by atoms with Gasteiger partial charge in [-0.25, -0.2) is 0 Å². The van der Waals surface area contributed by atoms with E-state index in [-0.39, 0.29) is 11.8 Å². The molecule has 3 aliphatic heterocycles. The second-order valence-corrected chi connectivity index (χ2v) is 8.36. The topological polar surface area (TPSA) is 80.3 Å². The predicted octanol–water partition coefficient (Wildman–Crippen LogP) is 1.75. The number of amides is 1. The predicted molar refractivity (Wildman–Crippen MR) is 109 cm³/mol. The Balaban J connectivity index is 1.32. The van der Waals surface area contributed by atoms with Gasteiger partial charge in [0.05, 0.1) is 31.0 Å². The van der Waals surface area contributed by atoms with Gasteiger partial charge in [-0.2, -0.15) is 0 Å². The summed E-state index contributed by atoms with van der Waals surface area (Å²) in [6.07, 6.45) is 3.76. The molecule has 2 unspecified atom stereocenters. The molecule has 3 aliphatic rings. The number of piperidine rings is 1. The van der Waals surface area contributed by atoms with Crippen molar-refractivity contribution in [2.45, 2.75) is 44.8 Å². The van der Waals surface area contributed by atoms with Crippen LogP contribution in [0.4, 0.5) is 0 Å². The molecule has 7 heteroatoms. The van der Waals surface area contributed by atoms with Gasteiger partial charge in [0, 0.05) is 38.6 Å². The van der Waals surface area contributed by atoms with Gasteiger partial charge in [0.1, 0.15) is 0 Å². The van der Waals surface area contributed by atoms with Gasteiger partial charge in [-0.15, -0.1) is 0 Å². The van der Waals surface area contributed by atoms with Crippen molar-refractivity contribution in [3.8, 4) is 11.5 Å². The zero-order valence-electron chi connectivity index (χ0n) is 17.2. The number of aliphatic hydroxyl groups excluding tert-OH is 1. The third-order valence-corrected chi connectivity index (χ3v) is 6.15. The van der Waals surface area contributed by atoms with Gasteiger partial charge >= 0.3 is 0 Å². The van der Waals surface area contributed by atoms with Crippen molar-refractivity contribution in [1.82, 2.24) is 10.2 Å². The first-order valence-electron chi connectivity index (χ1n) is 10.8. The van der Waals surface area contributed by atoms with Gasteiger partial charge < -0.3 is 24.6 Å². The van der Waals surface area contributed by atoms with Gasteiger partial charge in [0.25, 0.3) is 5.91 Å². The van der Waals surface area contributed by atoms with Gasteiger partial charge in [-0.05, 0) is 44.4 Å². The van der Waals surface area contributed by atoms with E-state index in [1.54, 1.807) is 6.07 Å². The monoisotopic (exact) mass is 404 g/mol. The van der Waals surface area contributed by atoms with E-state index in [2.05, 4.69) is 10.2 Å². The minimum Gasteiger partial charge on any atom is -0.489 e. The third kappa shape index (κ3) is 4.85. The zero-order chi connectivity index (χ0) is 20.2. The van der Waals surface area contributed by atoms with Crippen LogP contribution in [-0.2, 0) is 4.74 Å². The van der Waals surface area contributed by atoms with E-state index in [0.29, 0.717) is 49.5 Å². The Morgan fingerprint density at radius 2 is 2.00 bits per heavy atom. The van der Waals surface area contributed by atoms with Crippen molar-refractivity contribution < 1.29 is 24.1 Å². The summed E-state index contributed by atoms with van der Waals surface area (Å²) in [5, 5.41) is 13.6. The molecule has 1 aromatic rings. The number of carbonyl (C=O) groups is 1. The second-order valence-electron chi connectivity index (χ2n) is 8.36. The lowest BCUT2D eigenvalue weighted by Crippen LogP contribution is -2.49. The summed E-state index contributed by atoms with van der Waals surface area (Å²) in [6.45, 7) is 6.85. The maximum atomic E-state index is 12.8. The lowest BCUT2D eigenvalue weighted by Gasteiger charge is -2.37. The molecular weight excluding hydrogens is 372 g/mol. The summed E-state index contributed by atoms with van der Waals surface area (Å²) in [5.74, 6) is 1.08. The van der Waals surface area contributed by atoms with Crippen LogP contribution in [0, 0.1) is 12.8 Å². The maximum absolute atomic E-state index is 12.8. The van der Waals surface area contributed by atoms with Gasteiger partial charge in [-0.1, -0.05) is 6.07 Å². The molecule has 4 rings (SSSR count). The molecule has 29 heavy (non-hydrogen) atoms. The molecule has 3 atom stereocenters. The van der Waals surface area contributed by atoms with Crippen LogP contribution in [-0.4, -0.2) is 74.1 Å². The quantitative estimate of drug-likeness (QED) is 0.778. The fourth-order valence-corrected chi connectivity index (χ4v) is 4.41. The van der Waals surface area contributed by atoms with Gasteiger partial charge in [0.2, 0.25) is 0 Å². The Hall–Kier alpha value is -1.83. The Morgan fingerprint density at radius 1 is 1.17 bits per heavy atom. The van der Waals surface area contributed by atoms with Crippen molar-refractivity contribution in [1.29, 1.82) is 0 Å². The minimum absolute atomic E-state index is 0.0564. The largest absolute Gasteiger partial charge is 0.489 e. The lowest BCUT2D eigenvalue weighted by molar-refractivity contribution is -0.00191. The SMILES string of the molecule is Cc1ccc(C(=O)NCC2CCN(CC3CCCO3)C[C@H]2O)c2c1OCCCO2. The van der Waals surface area contributed by atoms with Crippen LogP contribution in [0.2, 0.25) is 0 Å². The first kappa shape index (κ1) is 20.4. The molecule has 1 amide bonds. The first-order valence-corrected chi connectivity index (χ1v) is 10.8. The average molecular weight is 405 g/mol. The minimum atomic E-state index is -0.444. The number of aliphatic hydroxyl groups is 1. The van der Waals surface area contributed by atoms with Crippen molar-refractivity contribution in [2.75, 3.05) is 46.0 Å². The number of nitrogens with one attached hydrogen (secondary N) is 1. The Bertz CT molecular complexity index is 719. The number of nitrogens with zero attached hydrogens (tertiary/aromatic N) is 1. The van der Waals surface area contributed by atoms with E-state index in [1.807, 2.05) is 13.0 Å². The third-order valence-electron chi connectivity index (χ3n) is 6.15. The van der Waals surface area contributed by atoms with Crippen molar-refractivity contribution in [3.63, 3.8) is 0 Å². The number of ether oxygens (including phenoxy) is 3. The highest BCUT2D eigenvalue weighted by molar-refractivity contribution is 5.98. The number of β-amino-alcohol motifs (C(OH)–C–C–N with tert-alkyl or cyclic N) is 1. The van der Waals surface area contributed by atoms with E-state index in [9.17, 15) is 9.90 Å². The number of benzene rings is 1. The number of likely N-dealkylation sites (tertiary alicyclic amines) is 1. The molecule has 2 fully saturated rings. The summed E-state index contributed by atoms with van der Waals surface area (Å²) in [7, 11) is 0. The molecule has 0 saturated carbocycles. The number of carbonyl (C=O) groups excluding carboxylic acids is 1. The molecule has 160 valence electrons. The van der Waals surface area contributed by atoms with Crippen molar-refractivity contribution >= 4 is 5.91 Å². The van der Waals surface area contributed by atoms with Crippen molar-refractivity contribution in [3.05, 3.63) is 23.3 Å². The molecule has 0 spiro atoms. The molecular formula is C22H32N2O5. The van der Waals surface area contributed by atoms with Crippen LogP contribution in [0.1, 0.15) is 41.6 Å². The van der Waals surface area contributed by atoms with Crippen LogP contribution in [0.15, 0.2) is 12.1 Å². The number of hydrogen-bond acceptors (Lipinski definition) is 6. The number of rotatable bonds is 5. The lowest BCUT2D eigenvalue weighted by atomic mass is 9.93. The number of fused-ring (bicyclic) bond motifs is 1. The standard InChI is InChI=1S/C22H32N2O5/c1-15-5-6-18(21-20(15)28-10-3-11-29-21)22(26)23-12-16-7-8-24(14-19(16)25)13-17-4-2-9-27-17/h5-6,16-17,19,25H,2-4,7-14H2,1H3,(H,23,26)/t16?,17?,19-/m1/s1. The molecule has 7 nitrogen and oxygen atoms in total. The Labute approximate surface area is 172 Å². The fourth-order valence-electron chi connectivity index (χ4n) is 4.41. The summed E-state index contributed by atoms with van der Waals surface area (Å²) in [4.78, 5) is 15.1. The normalized spacial score (nSPS) is 27.4. The van der Waals surface area contributed by atoms with E-state index in [1.165, 1.54) is 0 Å². The molecule has 0 aromatic heterocycles. The molecule has 2 saturated heterocycles. The molecule has 0 radical (unpaired) electrons. The zero-order valence-corrected chi connectivity index (χ0v) is 17.2. The first-order chi connectivity index (χ1) is 14.1. The van der Waals surface area contributed by atoms with Crippen LogP contribution >= 0.6 is 0 Å². The smallest absolute Gasteiger partial charge is 0.255 e. The molecule has 0 bridgehead atoms. The highest BCUT2D eigenvalue weighted by Crippen LogP contribution is 2.36. The van der Waals surface area contributed by atoms with Crippen LogP contribution in [0.5, 0.6) is 11.5 Å². The summed E-state index contributed by atoms with van der Waals surface area (Å²) in [6, 6.07) is 3.68. The van der Waals surface area contributed by atoms with E-state index < -0.39 is 6.10 Å². The van der Waals surface area contributed by atoms with E-state index in [4.69, 9.17) is 14.2 Å².